The van der Waals surface area contributed by atoms with Crippen molar-refractivity contribution in [1.29, 1.82) is 0 Å². The molecular formula is C25H23N3O6S3. The first kappa shape index (κ1) is 26.6. The summed E-state index contributed by atoms with van der Waals surface area (Å²) in [5.74, 6) is -0.133. The normalized spacial score (nSPS) is 10.9. The number of rotatable bonds is 10. The highest BCUT2D eigenvalue weighted by molar-refractivity contribution is 7.99. The van der Waals surface area contributed by atoms with Gasteiger partial charge in [0.25, 0.3) is 5.56 Å². The number of nitrogens with zero attached hydrogens (tertiary/aromatic N) is 3. The van der Waals surface area contributed by atoms with Crippen molar-refractivity contribution >= 4 is 57.4 Å². The van der Waals surface area contributed by atoms with Gasteiger partial charge in [0.15, 0.2) is 20.5 Å². The van der Waals surface area contributed by atoms with Gasteiger partial charge in [0.1, 0.15) is 22.6 Å². The summed E-state index contributed by atoms with van der Waals surface area (Å²) in [5.41, 5.74) is 1.16. The highest BCUT2D eigenvalue weighted by Gasteiger charge is 2.22. The predicted octanol–water partition coefficient (Wildman–Crippen LogP) is 4.60. The molecule has 0 amide bonds. The van der Waals surface area contributed by atoms with E-state index in [-0.39, 0.29) is 35.3 Å². The second-order valence-electron chi connectivity index (χ2n) is 7.57. The van der Waals surface area contributed by atoms with E-state index in [0.29, 0.717) is 31.5 Å². The number of ether oxygens (including phenoxy) is 3. The second kappa shape index (κ2) is 11.7. The molecule has 0 bridgehead atoms. The summed E-state index contributed by atoms with van der Waals surface area (Å²) in [7, 11) is 3.01. The van der Waals surface area contributed by atoms with Gasteiger partial charge >= 0.3 is 5.97 Å². The van der Waals surface area contributed by atoms with E-state index in [9.17, 15) is 14.4 Å². The van der Waals surface area contributed by atoms with E-state index in [2.05, 4.69) is 0 Å². The number of benzene rings is 2. The van der Waals surface area contributed by atoms with Crippen LogP contribution >= 0.6 is 35.3 Å². The largest absolute Gasteiger partial charge is 0.497 e. The molecule has 0 aliphatic carbocycles. The molecule has 9 nitrogen and oxygen atoms in total. The van der Waals surface area contributed by atoms with Gasteiger partial charge in [-0.15, -0.1) is 0 Å². The standard InChI is InChI=1S/C25H23N3O6S3/c1-4-34-20(30)12-16(29)14-36-24-26-22-21(37-25(35)27(22)15-8-6-5-7-9-15)23(31)28(24)18-13-17(32-2)10-11-19(18)33-3/h5-11,13H,4,12,14H2,1-3H3. The van der Waals surface area contributed by atoms with Gasteiger partial charge in [-0.05, 0) is 43.4 Å². The third-order valence-electron chi connectivity index (χ3n) is 5.23. The minimum absolute atomic E-state index is 0.0980. The maximum absolute atomic E-state index is 13.9. The van der Waals surface area contributed by atoms with Crippen molar-refractivity contribution in [1.82, 2.24) is 14.1 Å². The molecule has 0 saturated carbocycles. The third kappa shape index (κ3) is 5.60. The van der Waals surface area contributed by atoms with Crippen molar-refractivity contribution in [2.24, 2.45) is 0 Å². The Morgan fingerprint density at radius 2 is 1.84 bits per heavy atom. The highest BCUT2D eigenvalue weighted by Crippen LogP contribution is 2.32. The summed E-state index contributed by atoms with van der Waals surface area (Å²) >= 11 is 7.79. The van der Waals surface area contributed by atoms with E-state index in [1.54, 1.807) is 29.7 Å². The van der Waals surface area contributed by atoms with Crippen molar-refractivity contribution in [3.05, 3.63) is 62.8 Å². The lowest BCUT2D eigenvalue weighted by atomic mass is 10.2. The summed E-state index contributed by atoms with van der Waals surface area (Å²) in [6.45, 7) is 1.86. The first-order valence-electron chi connectivity index (χ1n) is 11.1. The van der Waals surface area contributed by atoms with Gasteiger partial charge in [-0.25, -0.2) is 4.98 Å². The Bertz CT molecular complexity index is 1580. The van der Waals surface area contributed by atoms with Crippen LogP contribution in [0.4, 0.5) is 0 Å². The van der Waals surface area contributed by atoms with Gasteiger partial charge in [-0.2, -0.15) is 0 Å². The average molecular weight is 558 g/mol. The first-order valence-corrected chi connectivity index (χ1v) is 13.4. The number of aromatic nitrogens is 3. The van der Waals surface area contributed by atoms with Gasteiger partial charge in [-0.1, -0.05) is 41.3 Å². The molecule has 12 heteroatoms. The van der Waals surface area contributed by atoms with Crippen molar-refractivity contribution in [3.8, 4) is 22.9 Å². The van der Waals surface area contributed by atoms with Crippen LogP contribution in [0, 0.1) is 3.95 Å². The lowest BCUT2D eigenvalue weighted by Crippen LogP contribution is -2.23. The molecule has 2 heterocycles. The van der Waals surface area contributed by atoms with Gasteiger partial charge in [0.05, 0.1) is 32.3 Å². The Hall–Kier alpha value is -3.48. The molecule has 0 saturated heterocycles. The van der Waals surface area contributed by atoms with E-state index in [4.69, 9.17) is 31.4 Å². The van der Waals surface area contributed by atoms with E-state index in [0.717, 1.165) is 28.8 Å². The highest BCUT2D eigenvalue weighted by atomic mass is 32.2. The quantitative estimate of drug-likeness (QED) is 0.0910. The van der Waals surface area contributed by atoms with Gasteiger partial charge in [0.2, 0.25) is 0 Å². The molecule has 0 radical (unpaired) electrons. The predicted molar refractivity (Wildman–Crippen MR) is 145 cm³/mol. The zero-order valence-electron chi connectivity index (χ0n) is 20.3. The number of methoxy groups -OCH3 is 2. The Morgan fingerprint density at radius 1 is 1.08 bits per heavy atom. The number of fused-ring (bicyclic) bond motifs is 1. The smallest absolute Gasteiger partial charge is 0.313 e. The monoisotopic (exact) mass is 557 g/mol. The fourth-order valence-electron chi connectivity index (χ4n) is 3.59. The van der Waals surface area contributed by atoms with E-state index < -0.39 is 5.97 Å². The molecule has 4 aromatic rings. The number of thioether (sulfide) groups is 1. The number of hydrogen-bond donors (Lipinski definition) is 0. The molecular weight excluding hydrogens is 534 g/mol. The maximum Gasteiger partial charge on any atom is 0.313 e. The van der Waals surface area contributed by atoms with Crippen LogP contribution < -0.4 is 15.0 Å². The fraction of sp³-hybridized carbons (Fsp3) is 0.240. The summed E-state index contributed by atoms with van der Waals surface area (Å²) in [4.78, 5) is 43.0. The van der Waals surface area contributed by atoms with Gasteiger partial charge < -0.3 is 14.2 Å². The van der Waals surface area contributed by atoms with Crippen LogP contribution in [0.3, 0.4) is 0 Å². The molecule has 0 unspecified atom stereocenters. The van der Waals surface area contributed by atoms with Crippen LogP contribution in [-0.4, -0.2) is 52.5 Å². The third-order valence-corrected chi connectivity index (χ3v) is 7.58. The Kier molecular flexibility index (Phi) is 8.41. The summed E-state index contributed by atoms with van der Waals surface area (Å²) < 4.78 is 19.7. The van der Waals surface area contributed by atoms with Crippen LogP contribution in [0.5, 0.6) is 11.5 Å². The minimum atomic E-state index is -0.598. The average Bonchev–Trinajstić information content (AvgIpc) is 3.23. The van der Waals surface area contributed by atoms with Crippen molar-refractivity contribution < 1.29 is 23.8 Å². The SMILES string of the molecule is CCOC(=O)CC(=O)CSc1nc2c(sc(=S)n2-c2ccccc2)c(=O)n1-c1cc(OC)ccc1OC. The van der Waals surface area contributed by atoms with E-state index >= 15 is 0 Å². The lowest BCUT2D eigenvalue weighted by Gasteiger charge is -2.16. The zero-order chi connectivity index (χ0) is 26.5. The van der Waals surface area contributed by atoms with Gasteiger partial charge in [-0.3, -0.25) is 23.5 Å². The summed E-state index contributed by atoms with van der Waals surface area (Å²) in [5, 5.41) is 0.235. The Labute approximate surface area is 225 Å². The Morgan fingerprint density at radius 3 is 2.51 bits per heavy atom. The molecule has 4 rings (SSSR count). The number of carbonyl (C=O) groups is 2. The molecule has 0 aliphatic rings. The Balaban J connectivity index is 1.91. The maximum atomic E-state index is 13.9. The van der Waals surface area contributed by atoms with E-state index in [1.807, 2.05) is 30.3 Å². The molecule has 2 aromatic carbocycles. The fourth-order valence-corrected chi connectivity index (χ4v) is 5.75. The zero-order valence-corrected chi connectivity index (χ0v) is 22.7. The van der Waals surface area contributed by atoms with Crippen LogP contribution in [0.1, 0.15) is 13.3 Å². The van der Waals surface area contributed by atoms with Gasteiger partial charge in [0, 0.05) is 11.8 Å². The van der Waals surface area contributed by atoms with Crippen molar-refractivity contribution in [2.45, 2.75) is 18.5 Å². The second-order valence-corrected chi connectivity index (χ2v) is 10.2. The van der Waals surface area contributed by atoms with Crippen LogP contribution in [0.2, 0.25) is 0 Å². The van der Waals surface area contributed by atoms with Crippen LogP contribution in [-0.2, 0) is 14.3 Å². The number of ketones is 1. The number of esters is 1. The van der Waals surface area contributed by atoms with Crippen molar-refractivity contribution in [3.63, 3.8) is 0 Å². The first-order chi connectivity index (χ1) is 17.9. The molecule has 2 aromatic heterocycles. The molecule has 0 N–H and O–H groups in total. The topological polar surface area (TPSA) is 102 Å². The molecule has 192 valence electrons. The molecule has 0 aliphatic heterocycles. The van der Waals surface area contributed by atoms with Crippen LogP contribution in [0.15, 0.2) is 58.5 Å². The number of Topliss-reactive ketones (excluding diaryl/α,β-unsaturated/α-hetero) is 1. The lowest BCUT2D eigenvalue weighted by molar-refractivity contribution is -0.145. The number of para-hydroxylation sites is 1. The number of carbonyl (C=O) groups excluding carboxylic acids is 2. The molecule has 0 spiro atoms. The summed E-state index contributed by atoms with van der Waals surface area (Å²) in [6, 6.07) is 14.4. The number of hydrogen-bond acceptors (Lipinski definition) is 10. The molecule has 37 heavy (non-hydrogen) atoms. The molecule has 0 fully saturated rings. The van der Waals surface area contributed by atoms with Crippen LogP contribution in [0.25, 0.3) is 21.7 Å². The van der Waals surface area contributed by atoms with Crippen molar-refractivity contribution in [2.75, 3.05) is 26.6 Å². The summed E-state index contributed by atoms with van der Waals surface area (Å²) in [6.07, 6.45) is -0.366. The minimum Gasteiger partial charge on any atom is -0.497 e. The number of thiazole rings is 1. The van der Waals surface area contributed by atoms with E-state index in [1.165, 1.54) is 18.8 Å². The molecule has 0 atom stereocenters.